The molecule has 0 spiro atoms. The minimum Gasteiger partial charge on any atom is -0.299 e. The summed E-state index contributed by atoms with van der Waals surface area (Å²) in [6, 6.07) is 9.31. The van der Waals surface area contributed by atoms with E-state index in [-0.39, 0.29) is 68.4 Å². The van der Waals surface area contributed by atoms with Crippen molar-refractivity contribution in [3.05, 3.63) is 47.0 Å². The van der Waals surface area contributed by atoms with E-state index < -0.39 is 10.8 Å². The summed E-state index contributed by atoms with van der Waals surface area (Å²) >= 11 is 0. The van der Waals surface area contributed by atoms with Crippen molar-refractivity contribution < 1.29 is 19.2 Å². The Hall–Kier alpha value is -3.07. The fraction of sp³-hybridized carbons (Fsp3) is 0.683. The zero-order valence-electron chi connectivity index (χ0n) is 30.5. The smallest absolute Gasteiger partial charge is 0.261 e. The predicted octanol–water partition coefficient (Wildman–Crippen LogP) is 9.00. The van der Waals surface area contributed by atoms with E-state index >= 15 is 0 Å². The van der Waals surface area contributed by atoms with Crippen LogP contribution in [0.3, 0.4) is 0 Å². The van der Waals surface area contributed by atoms with Gasteiger partial charge in [0.1, 0.15) is 11.9 Å². The fourth-order valence-electron chi connectivity index (χ4n) is 10.4. The molecule has 0 saturated heterocycles. The number of benzene rings is 1. The highest BCUT2D eigenvalue weighted by Crippen LogP contribution is 2.71. The molecule has 47 heavy (non-hydrogen) atoms. The first-order chi connectivity index (χ1) is 21.7. The van der Waals surface area contributed by atoms with Crippen LogP contribution in [-0.4, -0.2) is 34.8 Å². The summed E-state index contributed by atoms with van der Waals surface area (Å²) in [5, 5.41) is 10.0. The van der Waals surface area contributed by atoms with Gasteiger partial charge in [-0.3, -0.25) is 24.1 Å². The molecule has 0 N–H and O–H groups in total. The summed E-state index contributed by atoms with van der Waals surface area (Å²) < 4.78 is 0. The molecule has 4 aliphatic rings. The molecule has 2 fully saturated rings. The number of ketones is 2. The number of carbonyl (C=O) groups excluding carboxylic acids is 4. The van der Waals surface area contributed by atoms with Gasteiger partial charge >= 0.3 is 0 Å². The van der Waals surface area contributed by atoms with E-state index in [9.17, 15) is 24.4 Å². The van der Waals surface area contributed by atoms with Crippen LogP contribution in [0.2, 0.25) is 0 Å². The Kier molecular flexibility index (Phi) is 8.64. The highest BCUT2D eigenvalue weighted by molar-refractivity contribution is 6.21. The van der Waals surface area contributed by atoms with Crippen molar-refractivity contribution in [1.29, 1.82) is 5.26 Å². The molecule has 5 rings (SSSR count). The Bertz CT molecular complexity index is 1540. The van der Waals surface area contributed by atoms with Crippen molar-refractivity contribution in [2.75, 3.05) is 6.54 Å². The number of hydrogen-bond donors (Lipinski definition) is 0. The molecule has 6 nitrogen and oxygen atoms in total. The molecule has 7 atom stereocenters. The highest BCUT2D eigenvalue weighted by atomic mass is 16.2. The van der Waals surface area contributed by atoms with Crippen molar-refractivity contribution in [3.8, 4) is 6.07 Å². The van der Waals surface area contributed by atoms with Crippen molar-refractivity contribution in [2.45, 2.75) is 121 Å². The zero-order chi connectivity index (χ0) is 35.0. The lowest BCUT2D eigenvalue weighted by Crippen LogP contribution is -2.64. The first-order valence-electron chi connectivity index (χ1n) is 17.9. The number of allylic oxidation sites excluding steroid dienone is 2. The quantitative estimate of drug-likeness (QED) is 0.251. The maximum atomic E-state index is 14.1. The number of nitrogens with zero attached hydrogens (tertiary/aromatic N) is 2. The summed E-state index contributed by atoms with van der Waals surface area (Å²) in [6.07, 6.45) is 8.62. The maximum absolute atomic E-state index is 14.1. The third-order valence-electron chi connectivity index (χ3n) is 14.7. The van der Waals surface area contributed by atoms with Crippen LogP contribution in [-0.2, 0) is 9.59 Å². The normalized spacial score (nSPS) is 34.6. The van der Waals surface area contributed by atoms with Gasteiger partial charge < -0.3 is 0 Å². The molecule has 3 aliphatic carbocycles. The molecule has 1 aromatic carbocycles. The highest BCUT2D eigenvalue weighted by Gasteiger charge is 2.67. The van der Waals surface area contributed by atoms with E-state index in [4.69, 9.17) is 0 Å². The van der Waals surface area contributed by atoms with E-state index in [1.54, 1.807) is 12.1 Å². The van der Waals surface area contributed by atoms with E-state index in [2.05, 4.69) is 61.5 Å². The molecule has 254 valence electrons. The zero-order valence-corrected chi connectivity index (χ0v) is 30.5. The third-order valence-corrected chi connectivity index (χ3v) is 14.7. The van der Waals surface area contributed by atoms with Gasteiger partial charge in [0.05, 0.1) is 16.7 Å². The van der Waals surface area contributed by atoms with Crippen LogP contribution in [0.1, 0.15) is 141 Å². The summed E-state index contributed by atoms with van der Waals surface area (Å²) in [5.74, 6) is -0.357. The number of rotatable bonds is 9. The van der Waals surface area contributed by atoms with Gasteiger partial charge in [-0.05, 0) is 89.6 Å². The number of imide groups is 1. The largest absolute Gasteiger partial charge is 0.299 e. The number of hydrogen-bond acceptors (Lipinski definition) is 5. The number of amides is 2. The van der Waals surface area contributed by atoms with Gasteiger partial charge in [-0.1, -0.05) is 93.9 Å². The standard InChI is InChI=1S/C41H56N2O4/c1-11-36(3,4)18-19-38(7,25-43-34(46)28-14-12-13-15-29(28)35(43)47)20-21-40(9)26(2)30(44)22-32-39(8)23-27(24-42)33(45)37(5,6)31(39)16-17-41(32,40)10/h12-15,23,26,31-32H,11,16-22,25H2,1-10H3/t26?,31-,32+,38-,39-,40+,41+/m0/s1. The van der Waals surface area contributed by atoms with Crippen LogP contribution in [0.4, 0.5) is 0 Å². The SMILES string of the molecule is CCC(C)(C)CC[C@@](C)(CC[C@]1(C)C(C)C(=O)C[C@@H]2[C@@]3(C)C=C(C#N)C(=O)C(C)(C)[C@@H]3CC[C@]21C)CN1C(=O)c2ccccc2C1=O. The van der Waals surface area contributed by atoms with Crippen LogP contribution < -0.4 is 0 Å². The van der Waals surface area contributed by atoms with Crippen LogP contribution in [0.5, 0.6) is 0 Å². The van der Waals surface area contributed by atoms with Crippen LogP contribution in [0.25, 0.3) is 0 Å². The molecule has 2 saturated carbocycles. The average Bonchev–Trinajstić information content (AvgIpc) is 3.26. The Morgan fingerprint density at radius 3 is 2.06 bits per heavy atom. The first-order valence-corrected chi connectivity index (χ1v) is 17.9. The number of nitriles is 1. The minimum absolute atomic E-state index is 0.000285. The van der Waals surface area contributed by atoms with Gasteiger partial charge in [0.25, 0.3) is 11.8 Å². The summed E-state index contributed by atoms with van der Waals surface area (Å²) in [4.78, 5) is 56.0. The topological polar surface area (TPSA) is 95.3 Å². The molecule has 1 aromatic rings. The van der Waals surface area contributed by atoms with Crippen molar-refractivity contribution in [2.24, 2.45) is 50.2 Å². The van der Waals surface area contributed by atoms with E-state index in [1.807, 2.05) is 32.1 Å². The van der Waals surface area contributed by atoms with Crippen molar-refractivity contribution in [3.63, 3.8) is 0 Å². The summed E-state index contributed by atoms with van der Waals surface area (Å²) in [7, 11) is 0. The number of Topliss-reactive ketones (excluding diaryl/α,β-unsaturated/α-hetero) is 2. The lowest BCUT2D eigenvalue weighted by atomic mass is 9.35. The molecular weight excluding hydrogens is 584 g/mol. The predicted molar refractivity (Wildman–Crippen MR) is 184 cm³/mol. The maximum Gasteiger partial charge on any atom is 0.261 e. The van der Waals surface area contributed by atoms with Gasteiger partial charge in [0.15, 0.2) is 5.78 Å². The van der Waals surface area contributed by atoms with Crippen molar-refractivity contribution in [1.82, 2.24) is 4.90 Å². The molecular formula is C41H56N2O4. The molecule has 6 heteroatoms. The second-order valence-corrected chi connectivity index (χ2v) is 18.0. The molecule has 1 unspecified atom stereocenters. The lowest BCUT2D eigenvalue weighted by molar-refractivity contribution is -0.188. The van der Waals surface area contributed by atoms with Crippen LogP contribution in [0, 0.1) is 61.6 Å². The minimum atomic E-state index is -0.671. The van der Waals surface area contributed by atoms with Gasteiger partial charge in [0.2, 0.25) is 0 Å². The van der Waals surface area contributed by atoms with E-state index in [0.29, 0.717) is 24.1 Å². The molecule has 1 heterocycles. The second-order valence-electron chi connectivity index (χ2n) is 18.0. The summed E-state index contributed by atoms with van der Waals surface area (Å²) in [6.45, 7) is 22.3. The summed E-state index contributed by atoms with van der Waals surface area (Å²) in [5.41, 5.74) is -0.717. The van der Waals surface area contributed by atoms with Crippen LogP contribution >= 0.6 is 0 Å². The van der Waals surface area contributed by atoms with Gasteiger partial charge in [-0.2, -0.15) is 5.26 Å². The van der Waals surface area contributed by atoms with Crippen LogP contribution in [0.15, 0.2) is 35.9 Å². The Morgan fingerprint density at radius 2 is 1.51 bits per heavy atom. The van der Waals surface area contributed by atoms with Gasteiger partial charge in [0, 0.05) is 24.3 Å². The Labute approximate surface area is 282 Å². The van der Waals surface area contributed by atoms with E-state index in [1.165, 1.54) is 4.90 Å². The Balaban J connectivity index is 1.51. The number of carbonyl (C=O) groups is 4. The molecule has 0 bridgehead atoms. The number of fused-ring (bicyclic) bond motifs is 4. The first kappa shape index (κ1) is 35.2. The monoisotopic (exact) mass is 640 g/mol. The molecule has 1 aliphatic heterocycles. The van der Waals surface area contributed by atoms with E-state index in [0.717, 1.165) is 44.9 Å². The Morgan fingerprint density at radius 1 is 0.915 bits per heavy atom. The molecule has 0 radical (unpaired) electrons. The lowest BCUT2D eigenvalue weighted by Gasteiger charge is -2.68. The molecule has 2 amide bonds. The van der Waals surface area contributed by atoms with Gasteiger partial charge in [-0.15, -0.1) is 0 Å². The third kappa shape index (κ3) is 5.35. The van der Waals surface area contributed by atoms with Gasteiger partial charge in [-0.25, -0.2) is 0 Å². The molecule has 0 aromatic heterocycles. The fourth-order valence-corrected chi connectivity index (χ4v) is 10.4. The second kappa shape index (κ2) is 11.5. The average molecular weight is 641 g/mol. The van der Waals surface area contributed by atoms with Crippen molar-refractivity contribution >= 4 is 23.4 Å².